The van der Waals surface area contributed by atoms with Crippen LogP contribution >= 0.6 is 0 Å². The van der Waals surface area contributed by atoms with Crippen LogP contribution in [0.2, 0.25) is 0 Å². The molecule has 1 unspecified atom stereocenters. The molecule has 5 nitrogen and oxygen atoms in total. The molecule has 0 aromatic heterocycles. The maximum absolute atomic E-state index is 13.0. The third kappa shape index (κ3) is 4.45. The first-order chi connectivity index (χ1) is 11.6. The Hall–Kier alpha value is -1.66. The van der Waals surface area contributed by atoms with E-state index in [1.165, 1.54) is 17.7 Å². The number of nitrogens with zero attached hydrogens (tertiary/aromatic N) is 2. The van der Waals surface area contributed by atoms with E-state index in [0.717, 1.165) is 52.0 Å². The second-order valence-corrected chi connectivity index (χ2v) is 6.91. The Bertz CT molecular complexity index is 544. The zero-order valence-electron chi connectivity index (χ0n) is 14.0. The van der Waals surface area contributed by atoms with Gasteiger partial charge >= 0.3 is 6.09 Å². The highest BCUT2D eigenvalue weighted by atomic mass is 19.1. The fourth-order valence-electron chi connectivity index (χ4n) is 3.80. The van der Waals surface area contributed by atoms with Gasteiger partial charge in [0, 0.05) is 26.2 Å². The Labute approximate surface area is 142 Å². The molecule has 24 heavy (non-hydrogen) atoms. The first-order valence-corrected chi connectivity index (χ1v) is 8.79. The quantitative estimate of drug-likeness (QED) is 0.884. The molecule has 0 radical (unpaired) electrons. The molecule has 0 bridgehead atoms. The Morgan fingerprint density at radius 1 is 1.21 bits per heavy atom. The fourth-order valence-corrected chi connectivity index (χ4v) is 3.80. The third-order valence-electron chi connectivity index (χ3n) is 5.21. The van der Waals surface area contributed by atoms with Gasteiger partial charge in [0.05, 0.1) is 6.04 Å². The van der Waals surface area contributed by atoms with Crippen molar-refractivity contribution < 1.29 is 14.3 Å². The van der Waals surface area contributed by atoms with Crippen molar-refractivity contribution in [3.8, 4) is 0 Å². The summed E-state index contributed by atoms with van der Waals surface area (Å²) < 4.78 is 13.0. The summed E-state index contributed by atoms with van der Waals surface area (Å²) in [7, 11) is 0. The van der Waals surface area contributed by atoms with E-state index in [1.807, 2.05) is 12.1 Å². The molecule has 2 heterocycles. The number of amides is 1. The minimum atomic E-state index is -0.812. The number of hydrogen-bond donors (Lipinski definition) is 2. The minimum absolute atomic E-state index is 0.0462. The van der Waals surface area contributed by atoms with Crippen LogP contribution < -0.4 is 5.32 Å². The van der Waals surface area contributed by atoms with Crippen LogP contribution in [0.5, 0.6) is 0 Å². The van der Waals surface area contributed by atoms with Crippen LogP contribution in [-0.2, 0) is 6.42 Å². The average Bonchev–Trinajstić information content (AvgIpc) is 2.59. The molecule has 6 heteroatoms. The predicted octanol–water partition coefficient (Wildman–Crippen LogP) is 2.03. The molecular weight excluding hydrogens is 309 g/mol. The summed E-state index contributed by atoms with van der Waals surface area (Å²) >= 11 is 0. The minimum Gasteiger partial charge on any atom is -0.465 e. The topological polar surface area (TPSA) is 55.8 Å². The van der Waals surface area contributed by atoms with Gasteiger partial charge in [-0.1, -0.05) is 12.1 Å². The van der Waals surface area contributed by atoms with Crippen LogP contribution in [-0.4, -0.2) is 66.3 Å². The summed E-state index contributed by atoms with van der Waals surface area (Å²) in [5.74, 6) is 0.449. The third-order valence-corrected chi connectivity index (χ3v) is 5.21. The van der Waals surface area contributed by atoms with E-state index in [9.17, 15) is 14.3 Å². The molecule has 2 saturated heterocycles. The molecule has 3 rings (SSSR count). The monoisotopic (exact) mass is 335 g/mol. The van der Waals surface area contributed by atoms with E-state index in [4.69, 9.17) is 0 Å². The Kier molecular flexibility index (Phi) is 5.68. The molecule has 0 aliphatic carbocycles. The van der Waals surface area contributed by atoms with E-state index in [-0.39, 0.29) is 11.9 Å². The second-order valence-electron chi connectivity index (χ2n) is 6.91. The molecule has 1 aromatic rings. The van der Waals surface area contributed by atoms with Crippen molar-refractivity contribution in [3.05, 3.63) is 35.6 Å². The largest absolute Gasteiger partial charge is 0.465 e. The fraction of sp³-hybridized carbons (Fsp3) is 0.611. The van der Waals surface area contributed by atoms with E-state index >= 15 is 0 Å². The summed E-state index contributed by atoms with van der Waals surface area (Å²) in [5, 5.41) is 12.6. The van der Waals surface area contributed by atoms with Crippen molar-refractivity contribution in [1.82, 2.24) is 15.1 Å². The first kappa shape index (κ1) is 17.2. The van der Waals surface area contributed by atoms with Crippen molar-refractivity contribution in [3.63, 3.8) is 0 Å². The molecule has 2 aliphatic heterocycles. The Balaban J connectivity index is 1.46. The van der Waals surface area contributed by atoms with Gasteiger partial charge < -0.3 is 20.2 Å². The Morgan fingerprint density at radius 2 is 1.92 bits per heavy atom. The number of hydrogen-bond acceptors (Lipinski definition) is 3. The molecule has 0 spiro atoms. The van der Waals surface area contributed by atoms with Crippen LogP contribution in [0, 0.1) is 11.7 Å². The standard InChI is InChI=1S/C18H26FN3O2/c19-16-3-1-14(2-4-16)11-15-5-8-21(9-6-15)13-17-12-20-7-10-22(17)18(23)24/h1-4,15,17,20H,5-13H2,(H,23,24). The molecule has 2 fully saturated rings. The van der Waals surface area contributed by atoms with Crippen molar-refractivity contribution in [1.29, 1.82) is 0 Å². The highest BCUT2D eigenvalue weighted by Gasteiger charge is 2.29. The number of piperidine rings is 1. The van der Waals surface area contributed by atoms with Gasteiger partial charge in [-0.3, -0.25) is 0 Å². The summed E-state index contributed by atoms with van der Waals surface area (Å²) in [6.45, 7) is 4.87. The van der Waals surface area contributed by atoms with E-state index in [1.54, 1.807) is 4.90 Å². The summed E-state index contributed by atoms with van der Waals surface area (Å²) in [4.78, 5) is 15.3. The molecule has 1 amide bonds. The average molecular weight is 335 g/mol. The van der Waals surface area contributed by atoms with Gasteiger partial charge in [-0.05, 0) is 56.0 Å². The maximum Gasteiger partial charge on any atom is 0.407 e. The van der Waals surface area contributed by atoms with Crippen LogP contribution in [0.15, 0.2) is 24.3 Å². The van der Waals surface area contributed by atoms with Gasteiger partial charge in [0.2, 0.25) is 0 Å². The number of carbonyl (C=O) groups is 1. The molecule has 2 aliphatic rings. The predicted molar refractivity (Wildman–Crippen MR) is 90.7 cm³/mol. The lowest BCUT2D eigenvalue weighted by atomic mass is 9.90. The number of benzene rings is 1. The van der Waals surface area contributed by atoms with Crippen LogP contribution in [0.4, 0.5) is 9.18 Å². The zero-order valence-corrected chi connectivity index (χ0v) is 14.0. The first-order valence-electron chi connectivity index (χ1n) is 8.79. The number of piperazine rings is 1. The molecule has 1 atom stereocenters. The van der Waals surface area contributed by atoms with Crippen LogP contribution in [0.1, 0.15) is 18.4 Å². The zero-order chi connectivity index (χ0) is 16.9. The van der Waals surface area contributed by atoms with Gasteiger partial charge in [0.1, 0.15) is 5.82 Å². The highest BCUT2D eigenvalue weighted by Crippen LogP contribution is 2.22. The van der Waals surface area contributed by atoms with Crippen molar-refractivity contribution in [2.45, 2.75) is 25.3 Å². The highest BCUT2D eigenvalue weighted by molar-refractivity contribution is 5.65. The van der Waals surface area contributed by atoms with Gasteiger partial charge in [-0.2, -0.15) is 0 Å². The normalized spacial score (nSPS) is 23.4. The lowest BCUT2D eigenvalue weighted by Gasteiger charge is -2.39. The van der Waals surface area contributed by atoms with Crippen molar-refractivity contribution >= 4 is 6.09 Å². The van der Waals surface area contributed by atoms with Gasteiger partial charge in [-0.15, -0.1) is 0 Å². The molecule has 2 N–H and O–H groups in total. The smallest absolute Gasteiger partial charge is 0.407 e. The van der Waals surface area contributed by atoms with E-state index in [2.05, 4.69) is 10.2 Å². The SMILES string of the molecule is O=C(O)N1CCNCC1CN1CCC(Cc2ccc(F)cc2)CC1. The van der Waals surface area contributed by atoms with Crippen molar-refractivity contribution in [2.24, 2.45) is 5.92 Å². The lowest BCUT2D eigenvalue weighted by molar-refractivity contribution is 0.0826. The number of nitrogens with one attached hydrogen (secondary N) is 1. The molecule has 1 aromatic carbocycles. The summed E-state index contributed by atoms with van der Waals surface area (Å²) in [6, 6.07) is 6.85. The maximum atomic E-state index is 13.0. The van der Waals surface area contributed by atoms with E-state index < -0.39 is 6.09 Å². The van der Waals surface area contributed by atoms with Crippen LogP contribution in [0.25, 0.3) is 0 Å². The number of likely N-dealkylation sites (tertiary alicyclic amines) is 1. The second kappa shape index (κ2) is 7.94. The summed E-state index contributed by atoms with van der Waals surface area (Å²) in [5.41, 5.74) is 1.20. The summed E-state index contributed by atoms with van der Waals surface area (Å²) in [6.07, 6.45) is 2.42. The van der Waals surface area contributed by atoms with Crippen LogP contribution in [0.3, 0.4) is 0 Å². The van der Waals surface area contributed by atoms with Gasteiger partial charge in [0.25, 0.3) is 0 Å². The molecular formula is C18H26FN3O2. The van der Waals surface area contributed by atoms with Crippen molar-refractivity contribution in [2.75, 3.05) is 39.3 Å². The lowest BCUT2D eigenvalue weighted by Crippen LogP contribution is -2.57. The Morgan fingerprint density at radius 3 is 2.58 bits per heavy atom. The number of halogens is 1. The van der Waals surface area contributed by atoms with Gasteiger partial charge in [-0.25, -0.2) is 9.18 Å². The van der Waals surface area contributed by atoms with Gasteiger partial charge in [0.15, 0.2) is 0 Å². The number of carboxylic acid groups (broad SMARTS) is 1. The molecule has 0 saturated carbocycles. The molecule has 132 valence electrons. The van der Waals surface area contributed by atoms with E-state index in [0.29, 0.717) is 12.5 Å². The number of rotatable bonds is 4.